The molecule has 3 rings (SSSR count). The van der Waals surface area contributed by atoms with Gasteiger partial charge >= 0.3 is 5.97 Å². The monoisotopic (exact) mass is 304 g/mol. The molecule has 1 atom stereocenters. The van der Waals surface area contributed by atoms with Crippen LogP contribution in [0.1, 0.15) is 23.7 Å². The number of esters is 1. The van der Waals surface area contributed by atoms with Crippen LogP contribution in [0.5, 0.6) is 0 Å². The van der Waals surface area contributed by atoms with Crippen LogP contribution in [0.2, 0.25) is 0 Å². The largest absolute Gasteiger partial charge is 0.462 e. The van der Waals surface area contributed by atoms with Gasteiger partial charge in [-0.05, 0) is 24.4 Å². The summed E-state index contributed by atoms with van der Waals surface area (Å²) < 4.78 is 6.30. The number of carbonyl (C=O) groups excluding carboxylic acids is 2. The molecule has 0 aliphatic carbocycles. The fourth-order valence-electron chi connectivity index (χ4n) is 2.51. The number of hydrogen-bond acceptors (Lipinski definition) is 5. The third-order valence-corrected chi connectivity index (χ3v) is 4.52. The fraction of sp³-hybridized carbons (Fsp3) is 0.400. The number of fused-ring (bicyclic) bond motifs is 1. The lowest BCUT2D eigenvalue weighted by Crippen LogP contribution is -2.25. The van der Waals surface area contributed by atoms with Crippen LogP contribution in [0.25, 0.3) is 10.2 Å². The van der Waals surface area contributed by atoms with Gasteiger partial charge in [0.2, 0.25) is 5.91 Å². The van der Waals surface area contributed by atoms with Gasteiger partial charge in [-0.2, -0.15) is 0 Å². The molecule has 1 amide bonds. The molecule has 2 aromatic heterocycles. The lowest BCUT2D eigenvalue weighted by molar-refractivity contribution is -0.127. The van der Waals surface area contributed by atoms with Crippen molar-refractivity contribution in [2.24, 2.45) is 5.92 Å². The van der Waals surface area contributed by atoms with E-state index in [0.717, 1.165) is 10.2 Å². The van der Waals surface area contributed by atoms with Crippen LogP contribution < -0.4 is 0 Å². The molecule has 0 N–H and O–H groups in total. The number of thiophene rings is 1. The molecule has 0 unspecified atom stereocenters. The van der Waals surface area contributed by atoms with Gasteiger partial charge in [0.1, 0.15) is 0 Å². The first-order valence-corrected chi connectivity index (χ1v) is 7.83. The van der Waals surface area contributed by atoms with Crippen molar-refractivity contribution in [2.75, 3.05) is 19.7 Å². The molecule has 21 heavy (non-hydrogen) atoms. The number of likely N-dealkylation sites (tertiary alicyclic amines) is 1. The maximum absolute atomic E-state index is 12.0. The van der Waals surface area contributed by atoms with Crippen LogP contribution in [0.3, 0.4) is 0 Å². The summed E-state index contributed by atoms with van der Waals surface area (Å²) >= 11 is 1.54. The summed E-state index contributed by atoms with van der Waals surface area (Å²) in [5.74, 6) is -0.139. The predicted octanol–water partition coefficient (Wildman–Crippen LogP) is 2.32. The van der Waals surface area contributed by atoms with E-state index in [2.05, 4.69) is 4.98 Å². The summed E-state index contributed by atoms with van der Waals surface area (Å²) in [7, 11) is 0. The molecule has 0 radical (unpaired) electrons. The predicted molar refractivity (Wildman–Crippen MR) is 80.3 cm³/mol. The molecule has 0 bridgehead atoms. The molecule has 6 heteroatoms. The van der Waals surface area contributed by atoms with Crippen molar-refractivity contribution in [1.29, 1.82) is 0 Å². The Balaban J connectivity index is 1.60. The van der Waals surface area contributed by atoms with E-state index in [1.54, 1.807) is 22.3 Å². The van der Waals surface area contributed by atoms with Gasteiger partial charge in [0, 0.05) is 31.6 Å². The first-order chi connectivity index (χ1) is 10.2. The molecule has 5 nitrogen and oxygen atoms in total. The van der Waals surface area contributed by atoms with Crippen LogP contribution in [-0.4, -0.2) is 41.5 Å². The topological polar surface area (TPSA) is 59.5 Å². The minimum Gasteiger partial charge on any atom is -0.462 e. The second-order valence-corrected chi connectivity index (χ2v) is 6.08. The highest BCUT2D eigenvalue weighted by Crippen LogP contribution is 2.21. The van der Waals surface area contributed by atoms with Crippen LogP contribution in [-0.2, 0) is 9.53 Å². The van der Waals surface area contributed by atoms with Crippen LogP contribution in [0, 0.1) is 5.92 Å². The molecule has 1 aliphatic heterocycles. The normalized spacial score (nSPS) is 18.4. The SMILES string of the molecule is CCN1C[C@@H](COC(=O)c2cnc3ccsc3c2)CC1=O. The Morgan fingerprint density at radius 1 is 1.57 bits per heavy atom. The van der Waals surface area contributed by atoms with Crippen molar-refractivity contribution in [1.82, 2.24) is 9.88 Å². The Bertz CT molecular complexity index is 682. The molecule has 3 heterocycles. The molecule has 2 aromatic rings. The van der Waals surface area contributed by atoms with E-state index in [9.17, 15) is 9.59 Å². The molecule has 0 spiro atoms. The lowest BCUT2D eigenvalue weighted by atomic mass is 10.1. The van der Waals surface area contributed by atoms with Crippen molar-refractivity contribution in [3.8, 4) is 0 Å². The van der Waals surface area contributed by atoms with Crippen molar-refractivity contribution in [3.05, 3.63) is 29.3 Å². The summed E-state index contributed by atoms with van der Waals surface area (Å²) in [6.45, 7) is 3.62. The highest BCUT2D eigenvalue weighted by atomic mass is 32.1. The lowest BCUT2D eigenvalue weighted by Gasteiger charge is -2.13. The van der Waals surface area contributed by atoms with Gasteiger partial charge in [0.25, 0.3) is 0 Å². The zero-order valence-corrected chi connectivity index (χ0v) is 12.6. The minimum absolute atomic E-state index is 0.0971. The second-order valence-electron chi connectivity index (χ2n) is 5.13. The van der Waals surface area contributed by atoms with Gasteiger partial charge in [0.15, 0.2) is 0 Å². The fourth-order valence-corrected chi connectivity index (χ4v) is 3.29. The van der Waals surface area contributed by atoms with E-state index in [4.69, 9.17) is 4.74 Å². The van der Waals surface area contributed by atoms with Gasteiger partial charge in [0.05, 0.1) is 22.4 Å². The number of aromatic nitrogens is 1. The van der Waals surface area contributed by atoms with Crippen LogP contribution in [0.15, 0.2) is 23.7 Å². The number of ether oxygens (including phenoxy) is 1. The zero-order chi connectivity index (χ0) is 14.8. The van der Waals surface area contributed by atoms with Crippen LogP contribution in [0.4, 0.5) is 0 Å². The van der Waals surface area contributed by atoms with E-state index < -0.39 is 0 Å². The third kappa shape index (κ3) is 2.90. The Kier molecular flexibility index (Phi) is 3.88. The number of amides is 1. The van der Waals surface area contributed by atoms with Gasteiger partial charge < -0.3 is 9.64 Å². The van der Waals surface area contributed by atoms with Crippen LogP contribution >= 0.6 is 11.3 Å². The molecule has 1 saturated heterocycles. The van der Waals surface area contributed by atoms with Crippen molar-refractivity contribution in [3.63, 3.8) is 0 Å². The van der Waals surface area contributed by atoms with Gasteiger partial charge in [-0.1, -0.05) is 0 Å². The molecule has 110 valence electrons. The van der Waals surface area contributed by atoms with E-state index in [1.165, 1.54) is 6.20 Å². The first-order valence-electron chi connectivity index (χ1n) is 6.95. The number of pyridine rings is 1. The molecule has 1 fully saturated rings. The summed E-state index contributed by atoms with van der Waals surface area (Å²) in [5.41, 5.74) is 1.35. The molecular weight excluding hydrogens is 288 g/mol. The standard InChI is InChI=1S/C15H16N2O3S/c1-2-17-8-10(5-14(17)18)9-20-15(19)11-6-13-12(16-7-11)3-4-21-13/h3-4,6-7,10H,2,5,8-9H2,1H3/t10-/m0/s1. The smallest absolute Gasteiger partial charge is 0.339 e. The van der Waals surface area contributed by atoms with E-state index in [0.29, 0.717) is 25.1 Å². The van der Waals surface area contributed by atoms with Gasteiger partial charge in [-0.15, -0.1) is 11.3 Å². The Morgan fingerprint density at radius 2 is 2.43 bits per heavy atom. The van der Waals surface area contributed by atoms with E-state index in [-0.39, 0.29) is 24.4 Å². The highest BCUT2D eigenvalue weighted by Gasteiger charge is 2.29. The van der Waals surface area contributed by atoms with E-state index >= 15 is 0 Å². The average Bonchev–Trinajstić information content (AvgIpc) is 3.09. The van der Waals surface area contributed by atoms with Crippen molar-refractivity contribution in [2.45, 2.75) is 13.3 Å². The maximum Gasteiger partial charge on any atom is 0.339 e. The quantitative estimate of drug-likeness (QED) is 0.813. The summed E-state index contributed by atoms with van der Waals surface area (Å²) in [6.07, 6.45) is 2.00. The number of carbonyl (C=O) groups is 2. The first kappa shape index (κ1) is 14.0. The second kappa shape index (κ2) is 5.81. The number of hydrogen-bond donors (Lipinski definition) is 0. The highest BCUT2D eigenvalue weighted by molar-refractivity contribution is 7.17. The maximum atomic E-state index is 12.0. The summed E-state index contributed by atoms with van der Waals surface area (Å²) in [5, 5.41) is 1.94. The van der Waals surface area contributed by atoms with Gasteiger partial charge in [-0.25, -0.2) is 4.79 Å². The summed E-state index contributed by atoms with van der Waals surface area (Å²) in [4.78, 5) is 29.7. The van der Waals surface area contributed by atoms with Gasteiger partial charge in [-0.3, -0.25) is 9.78 Å². The Hall–Kier alpha value is -1.95. The minimum atomic E-state index is -0.375. The Morgan fingerprint density at radius 3 is 3.19 bits per heavy atom. The summed E-state index contributed by atoms with van der Waals surface area (Å²) in [6, 6.07) is 3.71. The number of rotatable bonds is 4. The zero-order valence-electron chi connectivity index (χ0n) is 11.7. The average molecular weight is 304 g/mol. The van der Waals surface area contributed by atoms with Crippen molar-refractivity contribution >= 4 is 33.4 Å². The van der Waals surface area contributed by atoms with Crippen molar-refractivity contribution < 1.29 is 14.3 Å². The molecular formula is C15H16N2O3S. The molecule has 0 aromatic carbocycles. The molecule has 1 aliphatic rings. The third-order valence-electron chi connectivity index (χ3n) is 3.66. The molecule has 0 saturated carbocycles. The number of nitrogens with zero attached hydrogens (tertiary/aromatic N) is 2. The Labute approximate surface area is 126 Å². The van der Waals surface area contributed by atoms with E-state index in [1.807, 2.05) is 18.4 Å².